The third-order valence-electron chi connectivity index (χ3n) is 2.77. The van der Waals surface area contributed by atoms with Crippen LogP contribution in [0.2, 0.25) is 0 Å². The van der Waals surface area contributed by atoms with Gasteiger partial charge in [-0.05, 0) is 31.5 Å². The molecular formula is C12H18N2O3S. The second-order valence-electron chi connectivity index (χ2n) is 4.44. The number of anilines is 1. The number of hydrogen-bond donors (Lipinski definition) is 1. The molecule has 1 rings (SSSR count). The molecule has 0 aliphatic rings. The van der Waals surface area contributed by atoms with E-state index in [-0.39, 0.29) is 4.90 Å². The van der Waals surface area contributed by atoms with Gasteiger partial charge in [-0.15, -0.1) is 0 Å². The molecule has 0 aliphatic heterocycles. The summed E-state index contributed by atoms with van der Waals surface area (Å²) < 4.78 is 24.7. The molecule has 1 aromatic carbocycles. The molecule has 0 fully saturated rings. The van der Waals surface area contributed by atoms with Crippen LogP contribution in [0.3, 0.4) is 0 Å². The average Bonchev–Trinajstić information content (AvgIpc) is 2.29. The molecule has 0 saturated heterocycles. The van der Waals surface area contributed by atoms with E-state index in [0.717, 1.165) is 0 Å². The Kier molecular flexibility index (Phi) is 4.01. The molecule has 1 aromatic rings. The van der Waals surface area contributed by atoms with Crippen molar-refractivity contribution in [3.05, 3.63) is 23.8 Å². The minimum atomic E-state index is -3.71. The molecular weight excluding hydrogens is 252 g/mol. The van der Waals surface area contributed by atoms with E-state index < -0.39 is 21.0 Å². The van der Waals surface area contributed by atoms with Crippen molar-refractivity contribution >= 4 is 21.4 Å². The molecule has 1 unspecified atom stereocenters. The predicted octanol–water partition coefficient (Wildman–Crippen LogP) is 0.828. The van der Waals surface area contributed by atoms with Gasteiger partial charge in [0.25, 0.3) is 0 Å². The molecule has 100 valence electrons. The minimum absolute atomic E-state index is 0.116. The standard InChI is InChI=1S/C12H18N2O3S/c1-8-5-6-10(13)7-11(8)18(16,17)9(2)12(15)14(3)4/h5-7,9H,13H2,1-4H3. The summed E-state index contributed by atoms with van der Waals surface area (Å²) in [7, 11) is -0.651. The van der Waals surface area contributed by atoms with E-state index in [4.69, 9.17) is 5.73 Å². The van der Waals surface area contributed by atoms with Crippen molar-refractivity contribution in [3.8, 4) is 0 Å². The van der Waals surface area contributed by atoms with E-state index in [9.17, 15) is 13.2 Å². The van der Waals surface area contributed by atoms with Gasteiger partial charge in [-0.2, -0.15) is 0 Å². The second-order valence-corrected chi connectivity index (χ2v) is 6.68. The van der Waals surface area contributed by atoms with Crippen molar-refractivity contribution in [1.82, 2.24) is 4.90 Å². The van der Waals surface area contributed by atoms with Crippen molar-refractivity contribution in [3.63, 3.8) is 0 Å². The minimum Gasteiger partial charge on any atom is -0.399 e. The number of carbonyl (C=O) groups is 1. The molecule has 0 heterocycles. The summed E-state index contributed by atoms with van der Waals surface area (Å²) >= 11 is 0. The van der Waals surface area contributed by atoms with Crippen LogP contribution >= 0.6 is 0 Å². The molecule has 0 bridgehead atoms. The number of nitrogen functional groups attached to an aromatic ring is 1. The van der Waals surface area contributed by atoms with E-state index in [0.29, 0.717) is 11.3 Å². The molecule has 5 nitrogen and oxygen atoms in total. The van der Waals surface area contributed by atoms with Gasteiger partial charge < -0.3 is 10.6 Å². The van der Waals surface area contributed by atoms with Crippen LogP contribution in [0.5, 0.6) is 0 Å². The van der Waals surface area contributed by atoms with Crippen molar-refractivity contribution < 1.29 is 13.2 Å². The maximum Gasteiger partial charge on any atom is 0.240 e. The van der Waals surface area contributed by atoms with Gasteiger partial charge in [0.2, 0.25) is 5.91 Å². The molecule has 2 N–H and O–H groups in total. The summed E-state index contributed by atoms with van der Waals surface area (Å²) in [4.78, 5) is 13.2. The Hall–Kier alpha value is -1.56. The molecule has 0 spiro atoms. The zero-order valence-corrected chi connectivity index (χ0v) is 11.8. The number of amides is 1. The Bertz CT molecular complexity index is 565. The van der Waals surface area contributed by atoms with Crippen LogP contribution in [-0.4, -0.2) is 38.6 Å². The lowest BCUT2D eigenvalue weighted by atomic mass is 10.2. The zero-order chi connectivity index (χ0) is 14.1. The van der Waals surface area contributed by atoms with E-state index in [1.165, 1.54) is 32.0 Å². The number of nitrogens with zero attached hydrogens (tertiary/aromatic N) is 1. The zero-order valence-electron chi connectivity index (χ0n) is 11.0. The summed E-state index contributed by atoms with van der Waals surface area (Å²) in [5, 5.41) is -1.12. The number of rotatable bonds is 3. The molecule has 0 saturated carbocycles. The smallest absolute Gasteiger partial charge is 0.240 e. The lowest BCUT2D eigenvalue weighted by Gasteiger charge is -2.18. The number of sulfone groups is 1. The Morgan fingerprint density at radius 2 is 1.89 bits per heavy atom. The normalized spacial score (nSPS) is 13.1. The molecule has 1 amide bonds. The third kappa shape index (κ3) is 2.64. The third-order valence-corrected chi connectivity index (χ3v) is 4.96. The Morgan fingerprint density at radius 1 is 1.33 bits per heavy atom. The van der Waals surface area contributed by atoms with Crippen LogP contribution in [0.15, 0.2) is 23.1 Å². The monoisotopic (exact) mass is 270 g/mol. The van der Waals surface area contributed by atoms with Crippen molar-refractivity contribution in [2.24, 2.45) is 0 Å². The largest absolute Gasteiger partial charge is 0.399 e. The Labute approximate surface area is 108 Å². The van der Waals surface area contributed by atoms with Gasteiger partial charge in [0.05, 0.1) is 4.90 Å². The van der Waals surface area contributed by atoms with Gasteiger partial charge in [0.15, 0.2) is 9.84 Å². The molecule has 18 heavy (non-hydrogen) atoms. The first-order chi connectivity index (χ1) is 8.17. The molecule has 6 heteroatoms. The quantitative estimate of drug-likeness (QED) is 0.825. The summed E-state index contributed by atoms with van der Waals surface area (Å²) in [6.45, 7) is 3.07. The lowest BCUT2D eigenvalue weighted by molar-refractivity contribution is -0.127. The summed E-state index contributed by atoms with van der Waals surface area (Å²) in [6.07, 6.45) is 0. The van der Waals surface area contributed by atoms with Crippen LogP contribution in [0, 0.1) is 6.92 Å². The van der Waals surface area contributed by atoms with E-state index in [1.807, 2.05) is 0 Å². The number of aryl methyl sites for hydroxylation is 1. The fourth-order valence-corrected chi connectivity index (χ4v) is 3.28. The highest BCUT2D eigenvalue weighted by Crippen LogP contribution is 2.23. The second kappa shape index (κ2) is 4.97. The van der Waals surface area contributed by atoms with Gasteiger partial charge in [-0.25, -0.2) is 8.42 Å². The molecule has 0 aromatic heterocycles. The first-order valence-electron chi connectivity index (χ1n) is 5.49. The number of benzene rings is 1. The first kappa shape index (κ1) is 14.5. The van der Waals surface area contributed by atoms with Gasteiger partial charge in [-0.1, -0.05) is 6.07 Å². The van der Waals surface area contributed by atoms with Crippen LogP contribution in [0.25, 0.3) is 0 Å². The van der Waals surface area contributed by atoms with Crippen LogP contribution in [-0.2, 0) is 14.6 Å². The maximum atomic E-state index is 12.3. The van der Waals surface area contributed by atoms with Gasteiger partial charge in [0, 0.05) is 19.8 Å². The van der Waals surface area contributed by atoms with E-state index in [2.05, 4.69) is 0 Å². The predicted molar refractivity (Wildman–Crippen MR) is 70.9 cm³/mol. The Balaban J connectivity index is 3.30. The van der Waals surface area contributed by atoms with Crippen LogP contribution < -0.4 is 5.73 Å². The van der Waals surface area contributed by atoms with Crippen LogP contribution in [0.1, 0.15) is 12.5 Å². The highest BCUT2D eigenvalue weighted by atomic mass is 32.2. The highest BCUT2D eigenvalue weighted by molar-refractivity contribution is 7.92. The fraction of sp³-hybridized carbons (Fsp3) is 0.417. The first-order valence-corrected chi connectivity index (χ1v) is 7.03. The number of carbonyl (C=O) groups excluding carboxylic acids is 1. The summed E-state index contributed by atoms with van der Waals surface area (Å²) in [6, 6.07) is 4.66. The topological polar surface area (TPSA) is 80.5 Å². The lowest BCUT2D eigenvalue weighted by Crippen LogP contribution is -2.37. The molecule has 0 aliphatic carbocycles. The molecule has 0 radical (unpaired) electrons. The van der Waals surface area contributed by atoms with E-state index in [1.54, 1.807) is 19.1 Å². The van der Waals surface area contributed by atoms with Crippen molar-refractivity contribution in [2.45, 2.75) is 24.0 Å². The fourth-order valence-electron chi connectivity index (χ4n) is 1.61. The number of hydrogen-bond acceptors (Lipinski definition) is 4. The summed E-state index contributed by atoms with van der Waals surface area (Å²) in [5.41, 5.74) is 6.55. The maximum absolute atomic E-state index is 12.3. The van der Waals surface area contributed by atoms with E-state index >= 15 is 0 Å². The van der Waals surface area contributed by atoms with Crippen molar-refractivity contribution in [1.29, 1.82) is 0 Å². The van der Waals surface area contributed by atoms with Crippen LogP contribution in [0.4, 0.5) is 5.69 Å². The SMILES string of the molecule is Cc1ccc(N)cc1S(=O)(=O)C(C)C(=O)N(C)C. The van der Waals surface area contributed by atoms with Crippen molar-refractivity contribution in [2.75, 3.05) is 19.8 Å². The Morgan fingerprint density at radius 3 is 2.39 bits per heavy atom. The summed E-state index contributed by atoms with van der Waals surface area (Å²) in [5.74, 6) is -0.447. The average molecular weight is 270 g/mol. The van der Waals surface area contributed by atoms with Gasteiger partial charge >= 0.3 is 0 Å². The van der Waals surface area contributed by atoms with Gasteiger partial charge in [0.1, 0.15) is 5.25 Å². The molecule has 1 atom stereocenters. The van der Waals surface area contributed by atoms with Gasteiger partial charge in [-0.3, -0.25) is 4.79 Å². The number of nitrogens with two attached hydrogens (primary N) is 1. The highest BCUT2D eigenvalue weighted by Gasteiger charge is 2.31.